The first-order valence-corrected chi connectivity index (χ1v) is 9.64. The number of nitriles is 1. The highest BCUT2D eigenvalue weighted by atomic mass is 15.1. The molecule has 2 heteroatoms. The Kier molecular flexibility index (Phi) is 8.05. The third-order valence-corrected chi connectivity index (χ3v) is 4.64. The van der Waals surface area contributed by atoms with Crippen LogP contribution in [0.3, 0.4) is 0 Å². The molecular formula is C23H30N2. The van der Waals surface area contributed by atoms with Crippen molar-refractivity contribution in [3.05, 3.63) is 54.1 Å². The molecule has 2 aromatic rings. The molecule has 0 bridgehead atoms. The fourth-order valence-corrected chi connectivity index (χ4v) is 3.08. The van der Waals surface area contributed by atoms with Gasteiger partial charge in [-0.1, -0.05) is 63.8 Å². The van der Waals surface area contributed by atoms with E-state index >= 15 is 0 Å². The monoisotopic (exact) mass is 334 g/mol. The van der Waals surface area contributed by atoms with E-state index in [1.165, 1.54) is 49.8 Å². The number of nitrogens with zero attached hydrogens (tertiary/aromatic N) is 2. The molecule has 0 aliphatic carbocycles. The average molecular weight is 335 g/mol. The van der Waals surface area contributed by atoms with Gasteiger partial charge in [-0.15, -0.1) is 0 Å². The van der Waals surface area contributed by atoms with Crippen LogP contribution >= 0.6 is 0 Å². The normalized spacial score (nSPS) is 10.4. The van der Waals surface area contributed by atoms with Crippen LogP contribution in [0.25, 0.3) is 11.1 Å². The SMILES string of the molecule is CCCCCN(CCCCC)c1ccc(-c2ccc(C#N)cc2)cc1. The Balaban J connectivity index is 2.08. The van der Waals surface area contributed by atoms with Crippen molar-refractivity contribution in [2.24, 2.45) is 0 Å². The van der Waals surface area contributed by atoms with E-state index in [1.807, 2.05) is 24.3 Å². The van der Waals surface area contributed by atoms with E-state index in [-0.39, 0.29) is 0 Å². The molecule has 0 spiro atoms. The molecule has 0 saturated heterocycles. The summed E-state index contributed by atoms with van der Waals surface area (Å²) >= 11 is 0. The summed E-state index contributed by atoms with van der Waals surface area (Å²) in [6.45, 7) is 6.81. The fraction of sp³-hybridized carbons (Fsp3) is 0.435. The molecule has 0 amide bonds. The number of hydrogen-bond acceptors (Lipinski definition) is 2. The Morgan fingerprint density at radius 2 is 1.20 bits per heavy atom. The lowest BCUT2D eigenvalue weighted by atomic mass is 10.0. The van der Waals surface area contributed by atoms with Crippen LogP contribution in [0, 0.1) is 11.3 Å². The molecule has 0 heterocycles. The topological polar surface area (TPSA) is 27.0 Å². The van der Waals surface area contributed by atoms with Crippen LogP contribution < -0.4 is 4.90 Å². The molecule has 0 aliphatic heterocycles. The average Bonchev–Trinajstić information content (AvgIpc) is 2.67. The highest BCUT2D eigenvalue weighted by Gasteiger charge is 2.07. The Bertz CT molecular complexity index is 640. The lowest BCUT2D eigenvalue weighted by Gasteiger charge is -2.25. The van der Waals surface area contributed by atoms with Gasteiger partial charge in [-0.05, 0) is 48.2 Å². The summed E-state index contributed by atoms with van der Waals surface area (Å²) in [5.41, 5.74) is 4.40. The molecule has 2 aromatic carbocycles. The minimum absolute atomic E-state index is 0.707. The molecule has 2 nitrogen and oxygen atoms in total. The standard InChI is InChI=1S/C23H30N2/c1-3-5-7-17-25(18-8-6-4-2)23-15-13-22(14-16-23)21-11-9-20(19-24)10-12-21/h9-16H,3-8,17-18H2,1-2H3. The number of hydrogen-bond donors (Lipinski definition) is 0. The van der Waals surface area contributed by atoms with Crippen molar-refractivity contribution < 1.29 is 0 Å². The summed E-state index contributed by atoms with van der Waals surface area (Å²) in [6, 6.07) is 18.9. The molecule has 0 atom stereocenters. The molecule has 0 aliphatic rings. The van der Waals surface area contributed by atoms with Crippen LogP contribution in [-0.4, -0.2) is 13.1 Å². The summed E-state index contributed by atoms with van der Waals surface area (Å²) in [6.07, 6.45) is 7.65. The van der Waals surface area contributed by atoms with Crippen molar-refractivity contribution in [3.63, 3.8) is 0 Å². The van der Waals surface area contributed by atoms with Gasteiger partial charge in [0.15, 0.2) is 0 Å². The van der Waals surface area contributed by atoms with Crippen molar-refractivity contribution in [2.45, 2.75) is 52.4 Å². The molecule has 0 unspecified atom stereocenters. The maximum Gasteiger partial charge on any atom is 0.0991 e. The molecule has 25 heavy (non-hydrogen) atoms. The first kappa shape index (κ1) is 19.1. The first-order valence-electron chi connectivity index (χ1n) is 9.64. The number of unbranched alkanes of at least 4 members (excludes halogenated alkanes) is 4. The summed E-state index contributed by atoms with van der Waals surface area (Å²) in [5.74, 6) is 0. The molecular weight excluding hydrogens is 304 g/mol. The second-order valence-corrected chi connectivity index (χ2v) is 6.64. The van der Waals surface area contributed by atoms with Gasteiger partial charge in [0, 0.05) is 18.8 Å². The molecule has 132 valence electrons. The predicted molar refractivity (Wildman–Crippen MR) is 108 cm³/mol. The van der Waals surface area contributed by atoms with Crippen molar-refractivity contribution in [1.29, 1.82) is 5.26 Å². The van der Waals surface area contributed by atoms with Gasteiger partial charge in [0.05, 0.1) is 11.6 Å². The van der Waals surface area contributed by atoms with Crippen molar-refractivity contribution in [2.75, 3.05) is 18.0 Å². The molecule has 0 radical (unpaired) electrons. The van der Waals surface area contributed by atoms with Gasteiger partial charge in [-0.3, -0.25) is 0 Å². The van der Waals surface area contributed by atoms with E-state index in [2.05, 4.69) is 49.1 Å². The minimum atomic E-state index is 0.707. The first-order chi connectivity index (χ1) is 12.3. The summed E-state index contributed by atoms with van der Waals surface area (Å²) < 4.78 is 0. The van der Waals surface area contributed by atoms with Gasteiger partial charge in [-0.25, -0.2) is 0 Å². The van der Waals surface area contributed by atoms with E-state index in [9.17, 15) is 0 Å². The largest absolute Gasteiger partial charge is 0.372 e. The maximum absolute atomic E-state index is 8.92. The Morgan fingerprint density at radius 1 is 0.720 bits per heavy atom. The zero-order valence-corrected chi connectivity index (χ0v) is 15.7. The second-order valence-electron chi connectivity index (χ2n) is 6.64. The van der Waals surface area contributed by atoms with Gasteiger partial charge in [0.25, 0.3) is 0 Å². The second kappa shape index (κ2) is 10.6. The van der Waals surface area contributed by atoms with Crippen LogP contribution in [0.2, 0.25) is 0 Å². The van der Waals surface area contributed by atoms with Crippen molar-refractivity contribution >= 4 is 5.69 Å². The van der Waals surface area contributed by atoms with E-state index < -0.39 is 0 Å². The van der Waals surface area contributed by atoms with Crippen LogP contribution in [0.5, 0.6) is 0 Å². The lowest BCUT2D eigenvalue weighted by Crippen LogP contribution is -2.25. The maximum atomic E-state index is 8.92. The van der Waals surface area contributed by atoms with Gasteiger partial charge in [-0.2, -0.15) is 5.26 Å². The van der Waals surface area contributed by atoms with E-state index in [0.717, 1.165) is 18.7 Å². The van der Waals surface area contributed by atoms with Crippen LogP contribution in [-0.2, 0) is 0 Å². The number of anilines is 1. The quantitative estimate of drug-likeness (QED) is 0.469. The molecule has 2 rings (SSSR count). The Morgan fingerprint density at radius 3 is 1.64 bits per heavy atom. The van der Waals surface area contributed by atoms with Crippen LogP contribution in [0.1, 0.15) is 57.9 Å². The van der Waals surface area contributed by atoms with Crippen molar-refractivity contribution in [3.8, 4) is 17.2 Å². The molecule has 0 N–H and O–H groups in total. The minimum Gasteiger partial charge on any atom is -0.372 e. The van der Waals surface area contributed by atoms with E-state index in [0.29, 0.717) is 5.56 Å². The van der Waals surface area contributed by atoms with Crippen molar-refractivity contribution in [1.82, 2.24) is 0 Å². The van der Waals surface area contributed by atoms with E-state index in [4.69, 9.17) is 5.26 Å². The third kappa shape index (κ3) is 5.94. The van der Waals surface area contributed by atoms with Crippen LogP contribution in [0.4, 0.5) is 5.69 Å². The van der Waals surface area contributed by atoms with Gasteiger partial charge < -0.3 is 4.90 Å². The van der Waals surface area contributed by atoms with Crippen LogP contribution in [0.15, 0.2) is 48.5 Å². The predicted octanol–water partition coefficient (Wildman–Crippen LogP) is 6.41. The molecule has 0 fully saturated rings. The van der Waals surface area contributed by atoms with Gasteiger partial charge in [0.1, 0.15) is 0 Å². The Hall–Kier alpha value is -2.27. The Labute approximate surface area is 153 Å². The lowest BCUT2D eigenvalue weighted by molar-refractivity contribution is 0.636. The van der Waals surface area contributed by atoms with Gasteiger partial charge >= 0.3 is 0 Å². The smallest absolute Gasteiger partial charge is 0.0991 e. The number of benzene rings is 2. The van der Waals surface area contributed by atoms with Gasteiger partial charge in [0.2, 0.25) is 0 Å². The number of rotatable bonds is 10. The third-order valence-electron chi connectivity index (χ3n) is 4.64. The highest BCUT2D eigenvalue weighted by Crippen LogP contribution is 2.24. The van der Waals surface area contributed by atoms with E-state index in [1.54, 1.807) is 0 Å². The molecule has 0 saturated carbocycles. The summed E-state index contributed by atoms with van der Waals surface area (Å²) in [5, 5.41) is 8.92. The zero-order valence-electron chi connectivity index (χ0n) is 15.7. The summed E-state index contributed by atoms with van der Waals surface area (Å²) in [7, 11) is 0. The molecule has 0 aromatic heterocycles. The zero-order chi connectivity index (χ0) is 17.9. The fourth-order valence-electron chi connectivity index (χ4n) is 3.08. The summed E-state index contributed by atoms with van der Waals surface area (Å²) in [4.78, 5) is 2.54. The highest BCUT2D eigenvalue weighted by molar-refractivity contribution is 5.67.